The molecule has 1 aromatic heterocycles. The number of aliphatic hydroxyl groups excluding tert-OH is 1. The summed E-state index contributed by atoms with van der Waals surface area (Å²) in [5.74, 6) is 0.680. The first-order chi connectivity index (χ1) is 10.2. The van der Waals surface area contributed by atoms with Crippen molar-refractivity contribution in [2.24, 2.45) is 0 Å². The molecule has 1 N–H and O–H groups in total. The Labute approximate surface area is 132 Å². The molecule has 5 heteroatoms. The number of methoxy groups -OCH3 is 1. The van der Waals surface area contributed by atoms with Crippen LogP contribution in [-0.2, 0) is 11.3 Å². The number of aromatic nitrogens is 2. The molecule has 2 aromatic rings. The van der Waals surface area contributed by atoms with Crippen LogP contribution >= 0.6 is 15.9 Å². The number of aliphatic hydroxyl groups is 1. The van der Waals surface area contributed by atoms with E-state index in [1.165, 1.54) is 18.4 Å². The lowest BCUT2D eigenvalue weighted by molar-refractivity contribution is 0.171. The van der Waals surface area contributed by atoms with E-state index in [9.17, 15) is 5.11 Å². The van der Waals surface area contributed by atoms with Crippen LogP contribution in [0.2, 0.25) is 0 Å². The molecule has 0 saturated heterocycles. The van der Waals surface area contributed by atoms with Crippen LogP contribution in [0.4, 0.5) is 0 Å². The average Bonchev–Trinajstić information content (AvgIpc) is 3.29. The molecule has 1 aromatic carbocycles. The van der Waals surface area contributed by atoms with Crippen LogP contribution in [-0.4, -0.2) is 28.6 Å². The molecule has 4 nitrogen and oxygen atoms in total. The van der Waals surface area contributed by atoms with Gasteiger partial charge in [0.05, 0.1) is 29.5 Å². The molecule has 1 atom stereocenters. The maximum Gasteiger partial charge on any atom is 0.122 e. The zero-order valence-corrected chi connectivity index (χ0v) is 13.6. The minimum Gasteiger partial charge on any atom is -0.383 e. The van der Waals surface area contributed by atoms with Gasteiger partial charge in [-0.25, -0.2) is 0 Å². The van der Waals surface area contributed by atoms with Gasteiger partial charge >= 0.3 is 0 Å². The van der Waals surface area contributed by atoms with E-state index < -0.39 is 6.10 Å². The van der Waals surface area contributed by atoms with E-state index >= 15 is 0 Å². The lowest BCUT2D eigenvalue weighted by atomic mass is 10.0. The van der Waals surface area contributed by atoms with Crippen LogP contribution < -0.4 is 0 Å². The molecule has 3 rings (SSSR count). The highest BCUT2D eigenvalue weighted by Crippen LogP contribution is 2.41. The molecule has 21 heavy (non-hydrogen) atoms. The highest BCUT2D eigenvalue weighted by molar-refractivity contribution is 9.10. The fraction of sp³-hybridized carbons (Fsp3) is 0.438. The molecule has 0 radical (unpaired) electrons. The molecule has 1 saturated carbocycles. The summed E-state index contributed by atoms with van der Waals surface area (Å²) < 4.78 is 7.71. The summed E-state index contributed by atoms with van der Waals surface area (Å²) in [7, 11) is 1.66. The number of ether oxygens (including phenoxy) is 1. The van der Waals surface area contributed by atoms with E-state index in [-0.39, 0.29) is 0 Å². The molecule has 0 amide bonds. The van der Waals surface area contributed by atoms with Crippen LogP contribution in [0.5, 0.6) is 0 Å². The van der Waals surface area contributed by atoms with Crippen molar-refractivity contribution in [1.29, 1.82) is 0 Å². The van der Waals surface area contributed by atoms with Crippen LogP contribution in [0.25, 0.3) is 0 Å². The Hall–Kier alpha value is -1.17. The molecular weight excluding hydrogens is 332 g/mol. The van der Waals surface area contributed by atoms with Crippen molar-refractivity contribution in [3.05, 3.63) is 51.8 Å². The Morgan fingerprint density at radius 2 is 2.29 bits per heavy atom. The minimum atomic E-state index is -0.683. The van der Waals surface area contributed by atoms with Gasteiger partial charge in [-0.1, -0.05) is 24.3 Å². The third kappa shape index (κ3) is 3.20. The summed E-state index contributed by atoms with van der Waals surface area (Å²) in [4.78, 5) is 0. The zero-order valence-electron chi connectivity index (χ0n) is 12.0. The Kier molecular flexibility index (Phi) is 4.42. The molecule has 1 aliphatic rings. The maximum absolute atomic E-state index is 10.7. The fourth-order valence-electron chi connectivity index (χ4n) is 2.56. The second kappa shape index (κ2) is 6.30. The topological polar surface area (TPSA) is 47.3 Å². The standard InChI is InChI=1S/C16H19BrN2O2/c1-21-8-7-19-15(14(17)10-18-19)16(20)13-4-2-3-12(9-13)11-5-6-11/h2-4,9-11,16,20H,5-8H2,1H3. The number of halogens is 1. The van der Waals surface area contributed by atoms with Crippen LogP contribution in [0.15, 0.2) is 34.9 Å². The maximum atomic E-state index is 10.7. The molecule has 1 aliphatic carbocycles. The first-order valence-corrected chi connectivity index (χ1v) is 7.98. The van der Waals surface area contributed by atoms with Crippen molar-refractivity contribution < 1.29 is 9.84 Å². The fourth-order valence-corrected chi connectivity index (χ4v) is 3.07. The van der Waals surface area contributed by atoms with E-state index in [4.69, 9.17) is 4.74 Å². The minimum absolute atomic E-state index is 0.565. The van der Waals surface area contributed by atoms with E-state index in [1.54, 1.807) is 18.0 Å². The van der Waals surface area contributed by atoms with Gasteiger partial charge in [-0.15, -0.1) is 0 Å². The Balaban J connectivity index is 1.88. The molecule has 1 unspecified atom stereocenters. The quantitative estimate of drug-likeness (QED) is 0.869. The summed E-state index contributed by atoms with van der Waals surface area (Å²) >= 11 is 3.48. The predicted molar refractivity (Wildman–Crippen MR) is 84.3 cm³/mol. The van der Waals surface area contributed by atoms with E-state index in [1.807, 2.05) is 12.1 Å². The average molecular weight is 351 g/mol. The van der Waals surface area contributed by atoms with Crippen LogP contribution in [0.1, 0.15) is 41.7 Å². The molecule has 0 aliphatic heterocycles. The van der Waals surface area contributed by atoms with Crippen molar-refractivity contribution in [1.82, 2.24) is 9.78 Å². The molecule has 0 bridgehead atoms. The van der Waals surface area contributed by atoms with E-state index in [2.05, 4.69) is 33.2 Å². The summed E-state index contributed by atoms with van der Waals surface area (Å²) in [6.07, 6.45) is 3.56. The first kappa shape index (κ1) is 14.8. The second-order valence-electron chi connectivity index (χ2n) is 5.44. The monoisotopic (exact) mass is 350 g/mol. The second-order valence-corrected chi connectivity index (χ2v) is 6.29. The van der Waals surface area contributed by atoms with Gasteiger partial charge in [-0.05, 0) is 45.8 Å². The molecule has 0 spiro atoms. The van der Waals surface area contributed by atoms with Gasteiger partial charge in [0, 0.05) is 7.11 Å². The van der Waals surface area contributed by atoms with Crippen LogP contribution in [0.3, 0.4) is 0 Å². The highest BCUT2D eigenvalue weighted by atomic mass is 79.9. The van der Waals surface area contributed by atoms with E-state index in [0.717, 1.165) is 15.7 Å². The Morgan fingerprint density at radius 3 is 3.00 bits per heavy atom. The van der Waals surface area contributed by atoms with Gasteiger partial charge < -0.3 is 9.84 Å². The lowest BCUT2D eigenvalue weighted by Gasteiger charge is -2.15. The number of nitrogens with zero attached hydrogens (tertiary/aromatic N) is 2. The van der Waals surface area contributed by atoms with Crippen molar-refractivity contribution in [2.75, 3.05) is 13.7 Å². The summed E-state index contributed by atoms with van der Waals surface area (Å²) in [5.41, 5.74) is 3.02. The summed E-state index contributed by atoms with van der Waals surface area (Å²) in [6.45, 7) is 1.19. The number of benzene rings is 1. The van der Waals surface area contributed by atoms with Gasteiger partial charge in [0.25, 0.3) is 0 Å². The largest absolute Gasteiger partial charge is 0.383 e. The molecular formula is C16H19BrN2O2. The highest BCUT2D eigenvalue weighted by Gasteiger charge is 2.25. The lowest BCUT2D eigenvalue weighted by Crippen LogP contribution is -2.13. The third-order valence-electron chi connectivity index (χ3n) is 3.87. The van der Waals surface area contributed by atoms with Crippen molar-refractivity contribution in [3.8, 4) is 0 Å². The third-order valence-corrected chi connectivity index (χ3v) is 4.49. The molecule has 1 fully saturated rings. The van der Waals surface area contributed by atoms with Gasteiger partial charge in [0.1, 0.15) is 6.10 Å². The Morgan fingerprint density at radius 1 is 1.48 bits per heavy atom. The molecule has 1 heterocycles. The van der Waals surface area contributed by atoms with Gasteiger partial charge in [-0.2, -0.15) is 5.10 Å². The van der Waals surface area contributed by atoms with Crippen molar-refractivity contribution in [3.63, 3.8) is 0 Å². The normalized spacial score (nSPS) is 16.1. The SMILES string of the molecule is COCCn1ncc(Br)c1C(O)c1cccc(C2CC2)c1. The smallest absolute Gasteiger partial charge is 0.122 e. The van der Waals surface area contributed by atoms with E-state index in [0.29, 0.717) is 19.1 Å². The number of hydrogen-bond acceptors (Lipinski definition) is 3. The van der Waals surface area contributed by atoms with Gasteiger partial charge in [0.15, 0.2) is 0 Å². The van der Waals surface area contributed by atoms with Crippen LogP contribution in [0, 0.1) is 0 Å². The number of rotatable bonds is 6. The van der Waals surface area contributed by atoms with Crippen molar-refractivity contribution in [2.45, 2.75) is 31.4 Å². The number of hydrogen-bond donors (Lipinski definition) is 1. The first-order valence-electron chi connectivity index (χ1n) is 7.18. The molecule has 112 valence electrons. The summed E-state index contributed by atoms with van der Waals surface area (Å²) in [5, 5.41) is 15.0. The Bertz CT molecular complexity index is 622. The van der Waals surface area contributed by atoms with Crippen molar-refractivity contribution >= 4 is 15.9 Å². The predicted octanol–water partition coefficient (Wildman–Crippen LogP) is 3.25. The van der Waals surface area contributed by atoms with Gasteiger partial charge in [0.2, 0.25) is 0 Å². The van der Waals surface area contributed by atoms with Gasteiger partial charge in [-0.3, -0.25) is 4.68 Å². The zero-order chi connectivity index (χ0) is 14.8. The summed E-state index contributed by atoms with van der Waals surface area (Å²) in [6, 6.07) is 8.25.